The van der Waals surface area contributed by atoms with Gasteiger partial charge in [-0.3, -0.25) is 38.6 Å². The van der Waals surface area contributed by atoms with Crippen molar-refractivity contribution >= 4 is 64.3 Å². The molecule has 0 unspecified atom stereocenters. The number of carbonyl (C=O) groups excluding carboxylic acids is 8. The van der Waals surface area contributed by atoms with Gasteiger partial charge in [-0.1, -0.05) is 98.6 Å². The quantitative estimate of drug-likeness (QED) is 0.0262. The van der Waals surface area contributed by atoms with Gasteiger partial charge in [0.1, 0.15) is 48.9 Å². The minimum absolute atomic E-state index is 0.0327. The molecular weight excluding hydrogens is 949 g/mol. The lowest BCUT2D eigenvalue weighted by Crippen LogP contribution is -2.60. The number of carbonyl (C=O) groups is 8. The lowest BCUT2D eigenvalue weighted by atomic mass is 10.0. The number of ether oxygens (including phenoxy) is 1. The van der Waals surface area contributed by atoms with E-state index in [1.54, 1.807) is 42.6 Å². The fourth-order valence-electron chi connectivity index (χ4n) is 9.35. The van der Waals surface area contributed by atoms with Crippen molar-refractivity contribution in [3.63, 3.8) is 0 Å². The minimum Gasteiger partial charge on any atom is -0.445 e. The van der Waals surface area contributed by atoms with E-state index in [9.17, 15) is 38.4 Å². The molecule has 396 valence electrons. The second-order valence-corrected chi connectivity index (χ2v) is 18.8. The van der Waals surface area contributed by atoms with E-state index in [1.165, 1.54) is 16.7 Å². The number of amides is 8. The van der Waals surface area contributed by atoms with Gasteiger partial charge in [0.25, 0.3) is 0 Å². The van der Waals surface area contributed by atoms with Crippen molar-refractivity contribution in [2.75, 3.05) is 19.6 Å². The molecular formula is C53H70N12O9. The molecule has 4 aromatic rings. The summed E-state index contributed by atoms with van der Waals surface area (Å²) in [4.78, 5) is 121. The maximum atomic E-state index is 14.9. The first-order valence-corrected chi connectivity index (χ1v) is 25.4. The molecule has 3 aromatic carbocycles. The number of nitrogens with two attached hydrogens (primary N) is 3. The Morgan fingerprint density at radius 2 is 1.30 bits per heavy atom. The predicted octanol–water partition coefficient (Wildman–Crippen LogP) is 1.92. The van der Waals surface area contributed by atoms with Crippen LogP contribution in [0.3, 0.4) is 0 Å². The van der Waals surface area contributed by atoms with Gasteiger partial charge in [0.15, 0.2) is 5.96 Å². The number of aromatic nitrogens is 1. The van der Waals surface area contributed by atoms with Crippen molar-refractivity contribution in [2.24, 2.45) is 22.2 Å². The van der Waals surface area contributed by atoms with Crippen LogP contribution in [0.15, 0.2) is 96.1 Å². The van der Waals surface area contributed by atoms with Gasteiger partial charge in [-0.15, -0.1) is 0 Å². The number of guanidine groups is 1. The molecule has 0 radical (unpaired) electrons. The molecule has 2 aliphatic rings. The van der Waals surface area contributed by atoms with Crippen LogP contribution in [0.4, 0.5) is 4.79 Å². The van der Waals surface area contributed by atoms with E-state index in [4.69, 9.17) is 21.9 Å². The Balaban J connectivity index is 1.20. The third-order valence-electron chi connectivity index (χ3n) is 13.3. The first-order valence-electron chi connectivity index (χ1n) is 25.4. The van der Waals surface area contributed by atoms with Gasteiger partial charge < -0.3 is 63.3 Å². The van der Waals surface area contributed by atoms with Gasteiger partial charge in [-0.05, 0) is 74.6 Å². The van der Waals surface area contributed by atoms with Crippen LogP contribution in [0.5, 0.6) is 0 Å². The summed E-state index contributed by atoms with van der Waals surface area (Å²) >= 11 is 0. The van der Waals surface area contributed by atoms with Crippen LogP contribution in [0.25, 0.3) is 10.9 Å². The number of hydrogen-bond donors (Lipinski definition) is 9. The minimum atomic E-state index is -1.30. The number of nitrogens with zero attached hydrogens (tertiary/aromatic N) is 3. The molecule has 2 aliphatic heterocycles. The number of aromatic amines is 1. The highest BCUT2D eigenvalue weighted by Crippen LogP contribution is 2.27. The van der Waals surface area contributed by atoms with Crippen LogP contribution in [0.2, 0.25) is 0 Å². The largest absolute Gasteiger partial charge is 0.445 e. The third-order valence-corrected chi connectivity index (χ3v) is 13.3. The lowest BCUT2D eigenvalue weighted by Gasteiger charge is -2.33. The fourth-order valence-corrected chi connectivity index (χ4v) is 9.35. The van der Waals surface area contributed by atoms with Crippen molar-refractivity contribution in [1.29, 1.82) is 0 Å². The standard InChI is InChI=1S/C53H70N12O9/c1-3-4-21-39(45(54)66)60-49(70)43-24-14-27-64(43)51(72)44-25-15-28-65(44)50(71)42(29-34-16-7-5-8-17-34)62-48(69)41(30-36-31-58-38-22-12-11-20-37(36)38)61-46(67)33(2)59-47(68)40(23-13-26-57-52(55)56)63-53(73)74-32-35-18-9-6-10-19-35/h5-12,16-20,22,31,33,39-44,58H,3-4,13-15,21,23-30,32H2,1-2H3,(H2,54,66)(H,59,68)(H,60,70)(H,61,67)(H,62,69)(H,63,73)(H4,55,56,57)/t33-,39-,40-,41+,42-,43-,44+/m0/s1. The van der Waals surface area contributed by atoms with Crippen molar-refractivity contribution < 1.29 is 43.1 Å². The zero-order chi connectivity index (χ0) is 53.1. The van der Waals surface area contributed by atoms with E-state index in [-0.39, 0.29) is 57.9 Å². The molecule has 2 saturated heterocycles. The van der Waals surface area contributed by atoms with Gasteiger partial charge in [0.05, 0.1) is 0 Å². The molecule has 8 amide bonds. The molecule has 3 heterocycles. The molecule has 74 heavy (non-hydrogen) atoms. The number of hydrogen-bond acceptors (Lipinski definition) is 10. The molecule has 2 fully saturated rings. The number of alkyl carbamates (subject to hydrolysis) is 1. The summed E-state index contributed by atoms with van der Waals surface area (Å²) in [5, 5.41) is 14.5. The Morgan fingerprint density at radius 1 is 0.676 bits per heavy atom. The SMILES string of the molecule is CCCC[C@H](NC(=O)[C@@H]1CCCN1C(=O)[C@H]1CCCN1C(=O)[C@H](Cc1ccccc1)NC(=O)[C@@H](Cc1c[nH]c2ccccc12)NC(=O)[C@H](C)NC(=O)[C@H](CCCN=C(N)N)NC(=O)OCc1ccccc1)C(N)=O. The van der Waals surface area contributed by atoms with E-state index >= 15 is 0 Å². The number of nitrogens with one attached hydrogen (secondary N) is 6. The number of H-pyrrole nitrogens is 1. The number of primary amides is 1. The Labute approximate surface area is 430 Å². The van der Waals surface area contributed by atoms with E-state index in [0.717, 1.165) is 28.5 Å². The second kappa shape index (κ2) is 27.2. The van der Waals surface area contributed by atoms with Crippen LogP contribution in [0, 0.1) is 0 Å². The van der Waals surface area contributed by atoms with Crippen LogP contribution in [-0.4, -0.2) is 130 Å². The summed E-state index contributed by atoms with van der Waals surface area (Å²) in [6.07, 6.45) is 4.80. The highest BCUT2D eigenvalue weighted by molar-refractivity contribution is 5.98. The summed E-state index contributed by atoms with van der Waals surface area (Å²) in [5.74, 6) is -4.36. The number of unbranched alkanes of at least 4 members (excludes halogenated alkanes) is 1. The molecule has 12 N–H and O–H groups in total. The summed E-state index contributed by atoms with van der Waals surface area (Å²) in [5.41, 5.74) is 19.5. The topological polar surface area (TPSA) is 319 Å². The maximum Gasteiger partial charge on any atom is 0.408 e. The van der Waals surface area contributed by atoms with Crippen LogP contribution < -0.4 is 43.8 Å². The Morgan fingerprint density at radius 3 is 1.99 bits per heavy atom. The molecule has 7 atom stereocenters. The fraction of sp³-hybridized carbons (Fsp3) is 0.453. The number of benzene rings is 3. The molecule has 0 aliphatic carbocycles. The van der Waals surface area contributed by atoms with Crippen molar-refractivity contribution in [2.45, 2.75) is 133 Å². The van der Waals surface area contributed by atoms with Gasteiger partial charge in [-0.2, -0.15) is 0 Å². The van der Waals surface area contributed by atoms with Crippen molar-refractivity contribution in [1.82, 2.24) is 41.4 Å². The number of likely N-dealkylation sites (tertiary alicyclic amines) is 2. The molecule has 1 aromatic heterocycles. The Hall–Kier alpha value is -7.97. The van der Waals surface area contributed by atoms with E-state index in [2.05, 4.69) is 36.6 Å². The predicted molar refractivity (Wildman–Crippen MR) is 277 cm³/mol. The summed E-state index contributed by atoms with van der Waals surface area (Å²) < 4.78 is 5.37. The van der Waals surface area contributed by atoms with Crippen molar-refractivity contribution in [3.05, 3.63) is 108 Å². The van der Waals surface area contributed by atoms with Crippen LogP contribution >= 0.6 is 0 Å². The number of aliphatic imine (C=N–C) groups is 1. The molecule has 0 bridgehead atoms. The number of fused-ring (bicyclic) bond motifs is 1. The second-order valence-electron chi connectivity index (χ2n) is 18.8. The smallest absolute Gasteiger partial charge is 0.408 e. The van der Waals surface area contributed by atoms with E-state index in [1.807, 2.05) is 55.5 Å². The molecule has 21 heteroatoms. The zero-order valence-electron chi connectivity index (χ0n) is 42.1. The molecule has 0 spiro atoms. The maximum absolute atomic E-state index is 14.9. The average molecular weight is 1020 g/mol. The van der Waals surface area contributed by atoms with Crippen LogP contribution in [-0.2, 0) is 57.7 Å². The Kier molecular flexibility index (Phi) is 20.3. The van der Waals surface area contributed by atoms with E-state index < -0.39 is 89.7 Å². The van der Waals surface area contributed by atoms with Crippen molar-refractivity contribution in [3.8, 4) is 0 Å². The summed E-state index contributed by atoms with van der Waals surface area (Å²) in [6, 6.07) is 17.9. The molecule has 21 nitrogen and oxygen atoms in total. The van der Waals surface area contributed by atoms with Crippen LogP contribution in [0.1, 0.15) is 88.3 Å². The normalized spacial score (nSPS) is 17.2. The Bertz CT molecular complexity index is 2610. The van der Waals surface area contributed by atoms with E-state index in [0.29, 0.717) is 44.1 Å². The van der Waals surface area contributed by atoms with Gasteiger partial charge >= 0.3 is 6.09 Å². The zero-order valence-corrected chi connectivity index (χ0v) is 42.1. The lowest BCUT2D eigenvalue weighted by molar-refractivity contribution is -0.148. The summed E-state index contributed by atoms with van der Waals surface area (Å²) in [6.45, 7) is 3.99. The van der Waals surface area contributed by atoms with Gasteiger partial charge in [-0.25, -0.2) is 4.79 Å². The van der Waals surface area contributed by atoms with Gasteiger partial charge in [0, 0.05) is 49.6 Å². The third kappa shape index (κ3) is 15.5. The first-order chi connectivity index (χ1) is 35.6. The van der Waals surface area contributed by atoms with Gasteiger partial charge in [0.2, 0.25) is 41.4 Å². The monoisotopic (exact) mass is 1020 g/mol. The molecule has 6 rings (SSSR count). The first kappa shape index (κ1) is 55.3. The molecule has 0 saturated carbocycles. The highest BCUT2D eigenvalue weighted by Gasteiger charge is 2.44. The number of rotatable bonds is 25. The highest BCUT2D eigenvalue weighted by atomic mass is 16.5. The summed E-state index contributed by atoms with van der Waals surface area (Å²) in [7, 11) is 0. The number of para-hydroxylation sites is 1. The average Bonchev–Trinajstić information content (AvgIpc) is 4.19.